The minimum absolute atomic E-state index is 0.0747. The zero-order valence-electron chi connectivity index (χ0n) is 10.8. The Kier molecular flexibility index (Phi) is 2.86. The number of benzene rings is 1. The Balaban J connectivity index is 2.28. The topological polar surface area (TPSA) is 86.7 Å². The van der Waals surface area contributed by atoms with Gasteiger partial charge in [0.25, 0.3) is 0 Å². The minimum Gasteiger partial charge on any atom is -0.368 e. The van der Waals surface area contributed by atoms with Gasteiger partial charge in [-0.25, -0.2) is 18.4 Å². The summed E-state index contributed by atoms with van der Waals surface area (Å²) < 4.78 is 28.9. The average Bonchev–Trinajstić information content (AvgIpc) is 2.75. The molecule has 3 rings (SSSR count). The number of fused-ring (bicyclic) bond motifs is 1. The van der Waals surface area contributed by atoms with E-state index in [0.29, 0.717) is 16.7 Å². The predicted molar refractivity (Wildman–Crippen MR) is 71.5 cm³/mol. The van der Waals surface area contributed by atoms with E-state index in [2.05, 4.69) is 15.1 Å². The number of nitrogen functional groups attached to an aromatic ring is 1. The molecule has 0 radical (unpaired) electrons. The van der Waals surface area contributed by atoms with Gasteiger partial charge < -0.3 is 5.73 Å². The SMILES string of the molecule is Cn1nc(-c2cc(F)c(C=O)c(F)c2)c2cnc(N)nc21. The maximum Gasteiger partial charge on any atom is 0.222 e. The maximum atomic E-state index is 13.7. The molecule has 0 aliphatic heterocycles. The van der Waals surface area contributed by atoms with Gasteiger partial charge in [0, 0.05) is 18.8 Å². The Bertz CT molecular complexity index is 851. The van der Waals surface area contributed by atoms with Crippen LogP contribution in [0.1, 0.15) is 10.4 Å². The van der Waals surface area contributed by atoms with E-state index in [9.17, 15) is 13.6 Å². The first-order valence-corrected chi connectivity index (χ1v) is 5.91. The number of aldehydes is 1. The fraction of sp³-hybridized carbons (Fsp3) is 0.0769. The normalized spacial score (nSPS) is 11.0. The second kappa shape index (κ2) is 4.58. The monoisotopic (exact) mass is 289 g/mol. The van der Waals surface area contributed by atoms with Crippen molar-refractivity contribution in [2.24, 2.45) is 7.05 Å². The van der Waals surface area contributed by atoms with Gasteiger partial charge in [-0.1, -0.05) is 0 Å². The van der Waals surface area contributed by atoms with Gasteiger partial charge >= 0.3 is 0 Å². The van der Waals surface area contributed by atoms with Crippen LogP contribution in [-0.4, -0.2) is 26.0 Å². The summed E-state index contributed by atoms with van der Waals surface area (Å²) in [7, 11) is 1.63. The molecule has 106 valence electrons. The molecular weight excluding hydrogens is 280 g/mol. The summed E-state index contributed by atoms with van der Waals surface area (Å²) in [4.78, 5) is 18.5. The van der Waals surface area contributed by atoms with Crippen LogP contribution in [0.15, 0.2) is 18.3 Å². The van der Waals surface area contributed by atoms with Crippen molar-refractivity contribution < 1.29 is 13.6 Å². The molecule has 0 spiro atoms. The van der Waals surface area contributed by atoms with Crippen LogP contribution < -0.4 is 5.73 Å². The smallest absolute Gasteiger partial charge is 0.222 e. The summed E-state index contributed by atoms with van der Waals surface area (Å²) >= 11 is 0. The van der Waals surface area contributed by atoms with Crippen LogP contribution in [0, 0.1) is 11.6 Å². The van der Waals surface area contributed by atoms with Crippen molar-refractivity contribution in [3.05, 3.63) is 35.5 Å². The van der Waals surface area contributed by atoms with Crippen LogP contribution in [0.25, 0.3) is 22.3 Å². The van der Waals surface area contributed by atoms with Crippen molar-refractivity contribution in [3.63, 3.8) is 0 Å². The summed E-state index contributed by atoms with van der Waals surface area (Å²) in [5, 5.41) is 4.68. The molecule has 6 nitrogen and oxygen atoms in total. The lowest BCUT2D eigenvalue weighted by Gasteiger charge is -2.02. The minimum atomic E-state index is -0.949. The van der Waals surface area contributed by atoms with Gasteiger partial charge in [-0.15, -0.1) is 0 Å². The van der Waals surface area contributed by atoms with E-state index in [1.165, 1.54) is 10.9 Å². The van der Waals surface area contributed by atoms with E-state index in [1.54, 1.807) is 7.05 Å². The number of anilines is 1. The number of aromatic nitrogens is 4. The predicted octanol–water partition coefficient (Wildman–Crippen LogP) is 1.70. The van der Waals surface area contributed by atoms with E-state index in [4.69, 9.17) is 5.73 Å². The number of rotatable bonds is 2. The second-order valence-corrected chi connectivity index (χ2v) is 4.41. The molecule has 0 fully saturated rings. The summed E-state index contributed by atoms with van der Waals surface area (Å²) in [5.74, 6) is -1.82. The van der Waals surface area contributed by atoms with Gasteiger partial charge in [-0.2, -0.15) is 10.1 Å². The van der Waals surface area contributed by atoms with Crippen LogP contribution in [0.3, 0.4) is 0 Å². The van der Waals surface area contributed by atoms with Crippen molar-refractivity contribution >= 4 is 23.3 Å². The number of hydrogen-bond donors (Lipinski definition) is 1. The quantitative estimate of drug-likeness (QED) is 0.726. The molecule has 0 saturated carbocycles. The van der Waals surface area contributed by atoms with Gasteiger partial charge in [0.2, 0.25) is 5.95 Å². The first-order chi connectivity index (χ1) is 10.0. The van der Waals surface area contributed by atoms with Crippen LogP contribution in [-0.2, 0) is 7.05 Å². The highest BCUT2D eigenvalue weighted by Gasteiger charge is 2.17. The van der Waals surface area contributed by atoms with Crippen molar-refractivity contribution in [3.8, 4) is 11.3 Å². The van der Waals surface area contributed by atoms with E-state index in [-0.39, 0.29) is 17.8 Å². The molecule has 3 aromatic rings. The molecule has 2 heterocycles. The first-order valence-electron chi connectivity index (χ1n) is 5.91. The molecule has 1 aromatic carbocycles. The van der Waals surface area contributed by atoms with Crippen LogP contribution >= 0.6 is 0 Å². The van der Waals surface area contributed by atoms with Crippen molar-refractivity contribution in [2.45, 2.75) is 0 Å². The fourth-order valence-corrected chi connectivity index (χ4v) is 2.10. The lowest BCUT2D eigenvalue weighted by atomic mass is 10.1. The Morgan fingerprint density at radius 3 is 2.57 bits per heavy atom. The molecule has 2 N–H and O–H groups in total. The number of nitrogens with two attached hydrogens (primary N) is 1. The highest BCUT2D eigenvalue weighted by molar-refractivity contribution is 5.91. The summed E-state index contributed by atoms with van der Waals surface area (Å²) in [6, 6.07) is 2.09. The lowest BCUT2D eigenvalue weighted by Crippen LogP contribution is -1.97. The van der Waals surface area contributed by atoms with Gasteiger partial charge in [0.15, 0.2) is 11.9 Å². The largest absolute Gasteiger partial charge is 0.368 e. The van der Waals surface area contributed by atoms with Gasteiger partial charge in [-0.3, -0.25) is 4.79 Å². The number of aryl methyl sites for hydroxylation is 1. The van der Waals surface area contributed by atoms with E-state index in [0.717, 1.165) is 12.1 Å². The number of hydrogen-bond acceptors (Lipinski definition) is 5. The lowest BCUT2D eigenvalue weighted by molar-refractivity contribution is 0.111. The highest BCUT2D eigenvalue weighted by atomic mass is 19.1. The van der Waals surface area contributed by atoms with Gasteiger partial charge in [0.05, 0.1) is 10.9 Å². The zero-order chi connectivity index (χ0) is 15.1. The van der Waals surface area contributed by atoms with Crippen molar-refractivity contribution in [1.29, 1.82) is 0 Å². The first kappa shape index (κ1) is 13.1. The third-order valence-corrected chi connectivity index (χ3v) is 3.07. The third kappa shape index (κ3) is 2.00. The van der Waals surface area contributed by atoms with E-state index in [1.807, 2.05) is 0 Å². The standard InChI is InChI=1S/C13H9F2N5O/c1-20-12-7(4-17-13(16)18-12)11(19-20)6-2-9(14)8(5-21)10(15)3-6/h2-5H,1H3,(H2,16,17,18). The Morgan fingerprint density at radius 1 is 1.29 bits per heavy atom. The number of halogens is 2. The van der Waals surface area contributed by atoms with E-state index < -0.39 is 17.2 Å². The molecule has 21 heavy (non-hydrogen) atoms. The molecule has 8 heteroatoms. The van der Waals surface area contributed by atoms with Gasteiger partial charge in [-0.05, 0) is 12.1 Å². The van der Waals surface area contributed by atoms with Crippen LogP contribution in [0.4, 0.5) is 14.7 Å². The molecule has 2 aromatic heterocycles. The summed E-state index contributed by atoms with van der Waals surface area (Å²) in [6.07, 6.45) is 1.57. The van der Waals surface area contributed by atoms with Crippen LogP contribution in [0.2, 0.25) is 0 Å². The molecule has 0 aliphatic rings. The molecule has 0 atom stereocenters. The third-order valence-electron chi connectivity index (χ3n) is 3.07. The fourth-order valence-electron chi connectivity index (χ4n) is 2.10. The second-order valence-electron chi connectivity index (χ2n) is 4.41. The number of nitrogens with zero attached hydrogens (tertiary/aromatic N) is 4. The Hall–Kier alpha value is -2.90. The molecule has 0 aliphatic carbocycles. The Morgan fingerprint density at radius 2 is 1.95 bits per heavy atom. The summed E-state index contributed by atoms with van der Waals surface area (Å²) in [5.41, 5.74) is 5.83. The summed E-state index contributed by atoms with van der Waals surface area (Å²) in [6.45, 7) is 0. The molecule has 0 unspecified atom stereocenters. The van der Waals surface area contributed by atoms with Crippen molar-refractivity contribution in [1.82, 2.24) is 19.7 Å². The van der Waals surface area contributed by atoms with Crippen LogP contribution in [0.5, 0.6) is 0 Å². The molecule has 0 bridgehead atoms. The zero-order valence-corrected chi connectivity index (χ0v) is 10.8. The van der Waals surface area contributed by atoms with E-state index >= 15 is 0 Å². The van der Waals surface area contributed by atoms with Crippen molar-refractivity contribution in [2.75, 3.05) is 5.73 Å². The average molecular weight is 289 g/mol. The highest BCUT2D eigenvalue weighted by Crippen LogP contribution is 2.28. The molecular formula is C13H9F2N5O. The number of carbonyl (C=O) groups is 1. The molecule has 0 saturated heterocycles. The Labute approximate surface area is 117 Å². The van der Waals surface area contributed by atoms with Gasteiger partial charge in [0.1, 0.15) is 17.3 Å². The molecule has 0 amide bonds. The maximum absolute atomic E-state index is 13.7. The number of carbonyl (C=O) groups excluding carboxylic acids is 1.